The van der Waals surface area contributed by atoms with Crippen molar-refractivity contribution >= 4 is 0 Å². The number of nitrogens with zero attached hydrogens (tertiary/aromatic N) is 1. The van der Waals surface area contributed by atoms with Crippen molar-refractivity contribution in [2.45, 2.75) is 70.1 Å². The summed E-state index contributed by atoms with van der Waals surface area (Å²) in [4.78, 5) is 2.50. The Kier molecular flexibility index (Phi) is 5.26. The highest BCUT2D eigenvalue weighted by Gasteiger charge is 2.25. The molecule has 1 atom stereocenters. The van der Waals surface area contributed by atoms with Gasteiger partial charge in [-0.3, -0.25) is 4.90 Å². The van der Waals surface area contributed by atoms with E-state index in [4.69, 9.17) is 0 Å². The van der Waals surface area contributed by atoms with Gasteiger partial charge in [0, 0.05) is 18.6 Å². The maximum atomic E-state index is 9.53. The molecule has 0 spiro atoms. The summed E-state index contributed by atoms with van der Waals surface area (Å²) < 4.78 is 0. The topological polar surface area (TPSA) is 35.5 Å². The van der Waals surface area contributed by atoms with Crippen LogP contribution in [0, 0.1) is 0 Å². The molecule has 0 aromatic heterocycles. The fourth-order valence-electron chi connectivity index (χ4n) is 2.71. The molecule has 2 saturated carbocycles. The Morgan fingerprint density at radius 3 is 2.41 bits per heavy atom. The molecular weight excluding hydrogens is 212 g/mol. The van der Waals surface area contributed by atoms with Gasteiger partial charge in [0.2, 0.25) is 0 Å². The van der Waals surface area contributed by atoms with Crippen molar-refractivity contribution < 1.29 is 5.11 Å². The van der Waals surface area contributed by atoms with Gasteiger partial charge in [-0.15, -0.1) is 0 Å². The van der Waals surface area contributed by atoms with Crippen LogP contribution in [-0.4, -0.2) is 47.8 Å². The molecule has 0 aromatic carbocycles. The molecule has 2 aliphatic carbocycles. The standard InChI is InChI=1S/C14H28N2O/c1-12(17)11-16(14-7-3-8-14)10-4-9-15-13-5-2-6-13/h12-15,17H,2-11H2,1H3. The van der Waals surface area contributed by atoms with Crippen LogP contribution in [0.1, 0.15) is 51.9 Å². The zero-order chi connectivity index (χ0) is 12.1. The Balaban J connectivity index is 1.58. The second-order valence-corrected chi connectivity index (χ2v) is 5.86. The molecule has 0 heterocycles. The molecule has 100 valence electrons. The van der Waals surface area contributed by atoms with E-state index in [0.717, 1.165) is 31.7 Å². The summed E-state index contributed by atoms with van der Waals surface area (Å²) in [6, 6.07) is 1.57. The van der Waals surface area contributed by atoms with Gasteiger partial charge in [0.15, 0.2) is 0 Å². The van der Waals surface area contributed by atoms with E-state index in [1.165, 1.54) is 44.9 Å². The highest BCUT2D eigenvalue weighted by Crippen LogP contribution is 2.25. The van der Waals surface area contributed by atoms with E-state index in [0.29, 0.717) is 0 Å². The van der Waals surface area contributed by atoms with Crippen molar-refractivity contribution in [1.29, 1.82) is 0 Å². The van der Waals surface area contributed by atoms with Gasteiger partial charge >= 0.3 is 0 Å². The van der Waals surface area contributed by atoms with E-state index in [1.54, 1.807) is 0 Å². The predicted molar refractivity (Wildman–Crippen MR) is 71.2 cm³/mol. The molecule has 2 fully saturated rings. The van der Waals surface area contributed by atoms with E-state index in [-0.39, 0.29) is 6.10 Å². The molecule has 17 heavy (non-hydrogen) atoms. The summed E-state index contributed by atoms with van der Waals surface area (Å²) in [7, 11) is 0. The lowest BCUT2D eigenvalue weighted by Gasteiger charge is -2.38. The first-order valence-corrected chi connectivity index (χ1v) is 7.41. The summed E-state index contributed by atoms with van der Waals surface area (Å²) in [5.74, 6) is 0. The van der Waals surface area contributed by atoms with Crippen molar-refractivity contribution in [3.63, 3.8) is 0 Å². The highest BCUT2D eigenvalue weighted by atomic mass is 16.3. The Morgan fingerprint density at radius 2 is 1.94 bits per heavy atom. The monoisotopic (exact) mass is 240 g/mol. The van der Waals surface area contributed by atoms with Crippen LogP contribution in [0.15, 0.2) is 0 Å². The first-order valence-electron chi connectivity index (χ1n) is 7.41. The van der Waals surface area contributed by atoms with E-state index in [1.807, 2.05) is 6.92 Å². The number of nitrogens with one attached hydrogen (secondary N) is 1. The normalized spacial score (nSPS) is 23.5. The minimum atomic E-state index is -0.185. The van der Waals surface area contributed by atoms with Gasteiger partial charge < -0.3 is 10.4 Å². The number of aliphatic hydroxyl groups excluding tert-OH is 1. The summed E-state index contributed by atoms with van der Waals surface area (Å²) >= 11 is 0. The third kappa shape index (κ3) is 4.23. The average molecular weight is 240 g/mol. The lowest BCUT2D eigenvalue weighted by atomic mass is 9.91. The first-order chi connectivity index (χ1) is 8.25. The molecule has 3 heteroatoms. The van der Waals surface area contributed by atoms with Crippen LogP contribution < -0.4 is 5.32 Å². The second-order valence-electron chi connectivity index (χ2n) is 5.86. The van der Waals surface area contributed by atoms with Crippen LogP contribution >= 0.6 is 0 Å². The van der Waals surface area contributed by atoms with Gasteiger partial charge in [0.25, 0.3) is 0 Å². The van der Waals surface area contributed by atoms with Crippen molar-refractivity contribution in [3.05, 3.63) is 0 Å². The van der Waals surface area contributed by atoms with Gasteiger partial charge in [0.1, 0.15) is 0 Å². The minimum absolute atomic E-state index is 0.185. The Bertz CT molecular complexity index is 212. The zero-order valence-corrected chi connectivity index (χ0v) is 11.2. The number of rotatable bonds is 8. The summed E-state index contributed by atoms with van der Waals surface area (Å²) in [5.41, 5.74) is 0. The Labute approximate surface area is 106 Å². The van der Waals surface area contributed by atoms with Crippen LogP contribution in [0.5, 0.6) is 0 Å². The molecule has 2 rings (SSSR count). The molecule has 0 radical (unpaired) electrons. The van der Waals surface area contributed by atoms with Gasteiger partial charge in [-0.1, -0.05) is 12.8 Å². The van der Waals surface area contributed by atoms with Crippen molar-refractivity contribution in [1.82, 2.24) is 10.2 Å². The molecule has 0 aliphatic heterocycles. The second kappa shape index (κ2) is 6.72. The SMILES string of the molecule is CC(O)CN(CCCNC1CCC1)C1CCC1. The molecule has 1 unspecified atom stereocenters. The van der Waals surface area contributed by atoms with Gasteiger partial charge in [-0.05, 0) is 52.1 Å². The van der Waals surface area contributed by atoms with Crippen LogP contribution in [0.3, 0.4) is 0 Å². The van der Waals surface area contributed by atoms with Crippen molar-refractivity contribution in [3.8, 4) is 0 Å². The van der Waals surface area contributed by atoms with Crippen molar-refractivity contribution in [2.24, 2.45) is 0 Å². The van der Waals surface area contributed by atoms with E-state index < -0.39 is 0 Å². The van der Waals surface area contributed by atoms with E-state index in [2.05, 4.69) is 10.2 Å². The molecule has 0 saturated heterocycles. The average Bonchev–Trinajstić information content (AvgIpc) is 2.10. The van der Waals surface area contributed by atoms with Crippen LogP contribution in [0.4, 0.5) is 0 Å². The van der Waals surface area contributed by atoms with E-state index >= 15 is 0 Å². The third-order valence-electron chi connectivity index (χ3n) is 4.25. The van der Waals surface area contributed by atoms with E-state index in [9.17, 15) is 5.11 Å². The minimum Gasteiger partial charge on any atom is -0.392 e. The fraction of sp³-hybridized carbons (Fsp3) is 1.00. The molecule has 0 amide bonds. The molecule has 2 N–H and O–H groups in total. The smallest absolute Gasteiger partial charge is 0.0639 e. The van der Waals surface area contributed by atoms with Crippen LogP contribution in [-0.2, 0) is 0 Å². The Morgan fingerprint density at radius 1 is 1.24 bits per heavy atom. The van der Waals surface area contributed by atoms with Crippen LogP contribution in [0.25, 0.3) is 0 Å². The maximum Gasteiger partial charge on any atom is 0.0639 e. The summed E-state index contributed by atoms with van der Waals surface area (Å²) in [6.07, 6.45) is 9.25. The van der Waals surface area contributed by atoms with Crippen LogP contribution in [0.2, 0.25) is 0 Å². The Hall–Kier alpha value is -0.120. The predicted octanol–water partition coefficient (Wildman–Crippen LogP) is 1.75. The van der Waals surface area contributed by atoms with Gasteiger partial charge in [-0.25, -0.2) is 0 Å². The molecular formula is C14H28N2O. The third-order valence-corrected chi connectivity index (χ3v) is 4.25. The fourth-order valence-corrected chi connectivity index (χ4v) is 2.71. The quantitative estimate of drug-likeness (QED) is 0.635. The summed E-state index contributed by atoms with van der Waals surface area (Å²) in [6.45, 7) is 5.05. The van der Waals surface area contributed by atoms with Gasteiger partial charge in [-0.2, -0.15) is 0 Å². The largest absolute Gasteiger partial charge is 0.392 e. The number of hydrogen-bond donors (Lipinski definition) is 2. The zero-order valence-electron chi connectivity index (χ0n) is 11.2. The highest BCUT2D eigenvalue weighted by molar-refractivity contribution is 4.81. The van der Waals surface area contributed by atoms with Gasteiger partial charge in [0.05, 0.1) is 6.10 Å². The lowest BCUT2D eigenvalue weighted by Crippen LogP contribution is -2.45. The maximum absolute atomic E-state index is 9.53. The molecule has 0 bridgehead atoms. The van der Waals surface area contributed by atoms with Crippen molar-refractivity contribution in [2.75, 3.05) is 19.6 Å². The number of hydrogen-bond acceptors (Lipinski definition) is 3. The molecule has 2 aliphatic rings. The molecule has 3 nitrogen and oxygen atoms in total. The number of aliphatic hydroxyl groups is 1. The lowest BCUT2D eigenvalue weighted by molar-refractivity contribution is 0.0654. The summed E-state index contributed by atoms with van der Waals surface area (Å²) in [5, 5.41) is 13.1. The molecule has 0 aromatic rings. The first kappa shape index (κ1) is 13.3.